The first-order valence-electron chi connectivity index (χ1n) is 12.1. The maximum absolute atomic E-state index is 11.2. The van der Waals surface area contributed by atoms with Crippen molar-refractivity contribution < 1.29 is 9.90 Å². The van der Waals surface area contributed by atoms with Gasteiger partial charge in [-0.3, -0.25) is 9.69 Å². The number of halogens is 1. The molecule has 0 saturated carbocycles. The second kappa shape index (κ2) is 10.9. The van der Waals surface area contributed by atoms with Crippen LogP contribution in [0, 0.1) is 31.6 Å². The first kappa shape index (κ1) is 24.6. The highest BCUT2D eigenvalue weighted by Gasteiger charge is 2.37. The smallest absolute Gasteiger partial charge is 0.306 e. The summed E-state index contributed by atoms with van der Waals surface area (Å²) in [5.41, 5.74) is 3.63. The summed E-state index contributed by atoms with van der Waals surface area (Å²) in [6.07, 6.45) is 3.01. The Kier molecular flexibility index (Phi) is 8.11. The highest BCUT2D eigenvalue weighted by molar-refractivity contribution is 7.09. The molecule has 7 heteroatoms. The zero-order chi connectivity index (χ0) is 23.5. The van der Waals surface area contributed by atoms with E-state index in [0.29, 0.717) is 17.8 Å². The summed E-state index contributed by atoms with van der Waals surface area (Å²) >= 11 is 8.29. The third-order valence-corrected chi connectivity index (χ3v) is 8.59. The fourth-order valence-electron chi connectivity index (χ4n) is 5.52. The molecule has 2 saturated heterocycles. The Hall–Kier alpha value is -1.47. The van der Waals surface area contributed by atoms with Crippen molar-refractivity contribution in [1.29, 1.82) is 0 Å². The Morgan fingerprint density at radius 2 is 2.00 bits per heavy atom. The number of carbonyl (C=O) groups is 1. The van der Waals surface area contributed by atoms with Crippen molar-refractivity contribution in [3.05, 3.63) is 50.4 Å². The number of rotatable bonds is 8. The molecule has 0 amide bonds. The van der Waals surface area contributed by atoms with Crippen LogP contribution >= 0.6 is 22.9 Å². The van der Waals surface area contributed by atoms with Gasteiger partial charge in [0.25, 0.3) is 0 Å². The summed E-state index contributed by atoms with van der Waals surface area (Å²) in [5, 5.41) is 13.5. The molecular formula is C26H36ClN3O2S. The Morgan fingerprint density at radius 1 is 1.24 bits per heavy atom. The summed E-state index contributed by atoms with van der Waals surface area (Å²) in [6.45, 7) is 12.2. The third-order valence-electron chi connectivity index (χ3n) is 7.44. The number of likely N-dealkylation sites (tertiary alicyclic amines) is 2. The maximum Gasteiger partial charge on any atom is 0.306 e. The van der Waals surface area contributed by atoms with Gasteiger partial charge in [-0.15, -0.1) is 11.3 Å². The number of benzene rings is 1. The number of carboxylic acids is 1. The van der Waals surface area contributed by atoms with Gasteiger partial charge < -0.3 is 10.0 Å². The molecule has 2 aliphatic heterocycles. The fourth-order valence-corrected chi connectivity index (χ4v) is 6.49. The topological polar surface area (TPSA) is 56.7 Å². The molecule has 5 nitrogen and oxygen atoms in total. The van der Waals surface area contributed by atoms with E-state index < -0.39 is 5.97 Å². The Labute approximate surface area is 206 Å². The van der Waals surface area contributed by atoms with Gasteiger partial charge in [-0.25, -0.2) is 4.98 Å². The van der Waals surface area contributed by atoms with Crippen LogP contribution in [0.1, 0.15) is 53.9 Å². The second-order valence-electron chi connectivity index (χ2n) is 10.2. The third kappa shape index (κ3) is 6.36. The van der Waals surface area contributed by atoms with Crippen LogP contribution in [0.4, 0.5) is 0 Å². The summed E-state index contributed by atoms with van der Waals surface area (Å²) in [5.74, 6) is 0.622. The van der Waals surface area contributed by atoms with E-state index >= 15 is 0 Å². The first-order chi connectivity index (χ1) is 15.8. The van der Waals surface area contributed by atoms with Crippen LogP contribution in [0.5, 0.6) is 0 Å². The van der Waals surface area contributed by atoms with E-state index in [2.05, 4.69) is 47.2 Å². The van der Waals surface area contributed by atoms with Crippen LogP contribution in [0.3, 0.4) is 0 Å². The van der Waals surface area contributed by atoms with Gasteiger partial charge >= 0.3 is 5.97 Å². The van der Waals surface area contributed by atoms with Crippen molar-refractivity contribution in [3.63, 3.8) is 0 Å². The number of aliphatic carboxylic acids is 1. The van der Waals surface area contributed by atoms with E-state index in [4.69, 9.17) is 16.6 Å². The number of carboxylic acid groups (broad SMARTS) is 1. The number of piperidine rings is 1. The van der Waals surface area contributed by atoms with Crippen molar-refractivity contribution in [1.82, 2.24) is 14.8 Å². The van der Waals surface area contributed by atoms with Crippen LogP contribution in [0.25, 0.3) is 0 Å². The number of aromatic nitrogens is 1. The number of thiazole rings is 1. The van der Waals surface area contributed by atoms with Gasteiger partial charge in [0.15, 0.2) is 0 Å². The predicted molar refractivity (Wildman–Crippen MR) is 135 cm³/mol. The van der Waals surface area contributed by atoms with Crippen molar-refractivity contribution in [2.45, 2.75) is 52.5 Å². The highest BCUT2D eigenvalue weighted by atomic mass is 35.5. The lowest BCUT2D eigenvalue weighted by molar-refractivity contribution is -0.141. The van der Waals surface area contributed by atoms with Gasteiger partial charge in [0.1, 0.15) is 0 Å². The van der Waals surface area contributed by atoms with Crippen LogP contribution in [0.15, 0.2) is 23.6 Å². The van der Waals surface area contributed by atoms with Crippen LogP contribution in [0.2, 0.25) is 5.02 Å². The fraction of sp³-hybridized carbons (Fsp3) is 0.615. The van der Waals surface area contributed by atoms with Crippen LogP contribution in [-0.4, -0.2) is 58.6 Å². The molecule has 4 rings (SSSR count). The maximum atomic E-state index is 11.2. The van der Waals surface area contributed by atoms with Gasteiger partial charge in [-0.05, 0) is 75.2 Å². The molecule has 2 aliphatic rings. The lowest BCUT2D eigenvalue weighted by Crippen LogP contribution is -2.39. The molecule has 0 aliphatic carbocycles. The molecule has 2 fully saturated rings. The quantitative estimate of drug-likeness (QED) is 0.534. The van der Waals surface area contributed by atoms with Crippen molar-refractivity contribution in [2.75, 3.05) is 32.7 Å². The van der Waals surface area contributed by atoms with Gasteiger partial charge in [0.05, 0.1) is 16.6 Å². The molecule has 3 heterocycles. The standard InChI is InChI=1S/C26H36ClN3O2S/c1-17-4-5-21(24(27)10-17)12-30-14-22(23(15-30)25-16-33-19(3)28-25)13-29-8-6-20(7-9-29)11-18(2)26(31)32/h4-5,10,16,18,20,22-23H,6-9,11-15H2,1-3H3,(H,31,32)/t18-,22-,23-/m1/s1. The largest absolute Gasteiger partial charge is 0.481 e. The molecule has 1 aromatic heterocycles. The number of hydrogen-bond donors (Lipinski definition) is 1. The molecule has 33 heavy (non-hydrogen) atoms. The van der Waals surface area contributed by atoms with Gasteiger partial charge in [0, 0.05) is 42.5 Å². The SMILES string of the molecule is Cc1ccc(CN2C[C@@H](CN3CCC(C[C@@H](C)C(=O)O)CC3)[C@H](c3csc(C)n3)C2)c(Cl)c1. The molecule has 3 atom stereocenters. The van der Waals surface area contributed by atoms with Crippen LogP contribution in [-0.2, 0) is 11.3 Å². The molecule has 0 radical (unpaired) electrons. The zero-order valence-electron chi connectivity index (χ0n) is 20.0. The van der Waals surface area contributed by atoms with Crippen molar-refractivity contribution in [2.24, 2.45) is 17.8 Å². The highest BCUT2D eigenvalue weighted by Crippen LogP contribution is 2.36. The zero-order valence-corrected chi connectivity index (χ0v) is 21.5. The van der Waals surface area contributed by atoms with Crippen molar-refractivity contribution >= 4 is 28.9 Å². The molecule has 1 N–H and O–H groups in total. The molecule has 0 spiro atoms. The lowest BCUT2D eigenvalue weighted by atomic mass is 9.87. The van der Waals surface area contributed by atoms with Gasteiger partial charge in [-0.1, -0.05) is 30.7 Å². The van der Waals surface area contributed by atoms with E-state index in [9.17, 15) is 9.90 Å². The van der Waals surface area contributed by atoms with Crippen molar-refractivity contribution in [3.8, 4) is 0 Å². The minimum absolute atomic E-state index is 0.240. The van der Waals surface area contributed by atoms with E-state index in [-0.39, 0.29) is 5.92 Å². The number of nitrogens with zero attached hydrogens (tertiary/aromatic N) is 3. The van der Waals surface area contributed by atoms with E-state index in [1.165, 1.54) is 16.8 Å². The predicted octanol–water partition coefficient (Wildman–Crippen LogP) is 5.45. The number of aryl methyl sites for hydroxylation is 2. The summed E-state index contributed by atoms with van der Waals surface area (Å²) in [6, 6.07) is 6.36. The van der Waals surface area contributed by atoms with E-state index in [0.717, 1.165) is 68.6 Å². The number of hydrogen-bond acceptors (Lipinski definition) is 5. The summed E-state index contributed by atoms with van der Waals surface area (Å²) in [4.78, 5) is 21.2. The van der Waals surface area contributed by atoms with E-state index in [1.54, 1.807) is 11.3 Å². The normalized spacial score (nSPS) is 23.8. The Morgan fingerprint density at radius 3 is 2.64 bits per heavy atom. The summed E-state index contributed by atoms with van der Waals surface area (Å²) < 4.78 is 0. The van der Waals surface area contributed by atoms with Crippen LogP contribution < -0.4 is 0 Å². The van der Waals surface area contributed by atoms with Gasteiger partial charge in [0.2, 0.25) is 0 Å². The molecule has 0 bridgehead atoms. The average molecular weight is 490 g/mol. The summed E-state index contributed by atoms with van der Waals surface area (Å²) in [7, 11) is 0. The molecule has 180 valence electrons. The van der Waals surface area contributed by atoms with E-state index in [1.807, 2.05) is 6.92 Å². The Bertz CT molecular complexity index is 957. The minimum Gasteiger partial charge on any atom is -0.481 e. The van der Waals surface area contributed by atoms with Gasteiger partial charge in [-0.2, -0.15) is 0 Å². The second-order valence-corrected chi connectivity index (χ2v) is 11.6. The monoisotopic (exact) mass is 489 g/mol. The Balaban J connectivity index is 1.39. The molecule has 1 aromatic carbocycles. The molecule has 2 aromatic rings. The minimum atomic E-state index is -0.668. The molecular weight excluding hydrogens is 454 g/mol. The molecule has 0 unspecified atom stereocenters. The lowest BCUT2D eigenvalue weighted by Gasteiger charge is -2.35. The average Bonchev–Trinajstić information content (AvgIpc) is 3.37. The first-order valence-corrected chi connectivity index (χ1v) is 13.4.